The Balaban J connectivity index is 2.04. The highest BCUT2D eigenvalue weighted by molar-refractivity contribution is 5.98. The van der Waals surface area contributed by atoms with Crippen molar-refractivity contribution in [3.63, 3.8) is 0 Å². The maximum Gasteiger partial charge on any atom is 0.169 e. The summed E-state index contributed by atoms with van der Waals surface area (Å²) in [6.07, 6.45) is 1.18. The summed E-state index contributed by atoms with van der Waals surface area (Å²) in [5.74, 6) is -0.778. The number of ketones is 1. The van der Waals surface area contributed by atoms with Gasteiger partial charge in [-0.15, -0.1) is 0 Å². The molecule has 1 saturated heterocycles. The molecule has 0 saturated carbocycles. The first-order valence-corrected chi connectivity index (χ1v) is 7.67. The molecule has 116 valence electrons. The number of carbonyl (C=O) groups is 1. The zero-order chi connectivity index (χ0) is 15.4. The van der Waals surface area contributed by atoms with E-state index in [0.29, 0.717) is 19.2 Å². The third-order valence-electron chi connectivity index (χ3n) is 4.15. The Morgan fingerprint density at radius 3 is 2.86 bits per heavy atom. The summed E-state index contributed by atoms with van der Waals surface area (Å²) in [6, 6.07) is 6.55. The normalized spacial score (nSPS) is 24.8. The molecule has 3 nitrogen and oxygen atoms in total. The van der Waals surface area contributed by atoms with E-state index in [4.69, 9.17) is 4.74 Å². The van der Waals surface area contributed by atoms with Gasteiger partial charge in [-0.25, -0.2) is 4.39 Å². The fourth-order valence-electron chi connectivity index (χ4n) is 2.87. The molecule has 2 rings (SSSR count). The minimum absolute atomic E-state index is 0.123. The lowest BCUT2D eigenvalue weighted by Crippen LogP contribution is -2.50. The van der Waals surface area contributed by atoms with E-state index in [-0.39, 0.29) is 23.4 Å². The average Bonchev–Trinajstić information content (AvgIpc) is 2.47. The van der Waals surface area contributed by atoms with E-state index >= 15 is 0 Å². The second-order valence-electron chi connectivity index (χ2n) is 5.91. The number of carbonyl (C=O) groups excluding carboxylic acids is 1. The Hall–Kier alpha value is -1.26. The predicted molar refractivity (Wildman–Crippen MR) is 81.0 cm³/mol. The summed E-state index contributed by atoms with van der Waals surface area (Å²) in [7, 11) is 0. The maximum absolute atomic E-state index is 13.7. The average molecular weight is 293 g/mol. The monoisotopic (exact) mass is 293 g/mol. The van der Waals surface area contributed by atoms with Gasteiger partial charge in [-0.1, -0.05) is 26.0 Å². The Morgan fingerprint density at radius 2 is 2.19 bits per heavy atom. The molecule has 0 N–H and O–H groups in total. The molecule has 1 aliphatic heterocycles. The van der Waals surface area contributed by atoms with E-state index in [0.717, 1.165) is 13.0 Å². The summed E-state index contributed by atoms with van der Waals surface area (Å²) in [6.45, 7) is 8.23. The van der Waals surface area contributed by atoms with Gasteiger partial charge in [0.15, 0.2) is 5.78 Å². The van der Waals surface area contributed by atoms with Crippen LogP contribution in [0.5, 0.6) is 0 Å². The van der Waals surface area contributed by atoms with E-state index in [1.54, 1.807) is 18.2 Å². The number of hydrogen-bond acceptors (Lipinski definition) is 3. The van der Waals surface area contributed by atoms with Crippen molar-refractivity contribution in [3.05, 3.63) is 35.6 Å². The summed E-state index contributed by atoms with van der Waals surface area (Å²) in [5.41, 5.74) is 0.194. The van der Waals surface area contributed by atoms with Crippen LogP contribution in [0.2, 0.25) is 0 Å². The molecule has 0 radical (unpaired) electrons. The van der Waals surface area contributed by atoms with E-state index in [2.05, 4.69) is 11.8 Å². The van der Waals surface area contributed by atoms with Crippen LogP contribution in [0.25, 0.3) is 0 Å². The molecule has 0 aliphatic carbocycles. The van der Waals surface area contributed by atoms with Crippen molar-refractivity contribution >= 4 is 5.78 Å². The molecule has 3 atom stereocenters. The number of benzene rings is 1. The number of hydrogen-bond donors (Lipinski definition) is 0. The van der Waals surface area contributed by atoms with E-state index in [9.17, 15) is 9.18 Å². The summed E-state index contributed by atoms with van der Waals surface area (Å²) >= 11 is 0. The summed E-state index contributed by atoms with van der Waals surface area (Å²) < 4.78 is 19.4. The molecule has 1 aromatic carbocycles. The number of halogens is 1. The van der Waals surface area contributed by atoms with Gasteiger partial charge in [0.2, 0.25) is 0 Å². The van der Waals surface area contributed by atoms with Crippen LogP contribution >= 0.6 is 0 Å². The van der Waals surface area contributed by atoms with Crippen molar-refractivity contribution in [2.75, 3.05) is 19.7 Å². The molecule has 21 heavy (non-hydrogen) atoms. The molecule has 0 bridgehead atoms. The Labute approximate surface area is 126 Å². The van der Waals surface area contributed by atoms with Crippen molar-refractivity contribution < 1.29 is 13.9 Å². The summed E-state index contributed by atoms with van der Waals surface area (Å²) in [5, 5.41) is 0. The van der Waals surface area contributed by atoms with E-state index in [1.807, 2.05) is 13.8 Å². The fourth-order valence-corrected chi connectivity index (χ4v) is 2.87. The van der Waals surface area contributed by atoms with Gasteiger partial charge in [0.05, 0.1) is 18.3 Å². The van der Waals surface area contributed by atoms with Crippen LogP contribution in [-0.4, -0.2) is 42.5 Å². The fraction of sp³-hybridized carbons (Fsp3) is 0.588. The first-order chi connectivity index (χ1) is 10.0. The number of morpholine rings is 1. The van der Waals surface area contributed by atoms with Gasteiger partial charge in [-0.3, -0.25) is 9.69 Å². The van der Waals surface area contributed by atoms with Gasteiger partial charge in [0, 0.05) is 25.0 Å². The third-order valence-corrected chi connectivity index (χ3v) is 4.15. The van der Waals surface area contributed by atoms with Crippen molar-refractivity contribution in [2.24, 2.45) is 5.92 Å². The highest BCUT2D eigenvalue weighted by Gasteiger charge is 2.29. The molecule has 1 fully saturated rings. The molecule has 0 spiro atoms. The van der Waals surface area contributed by atoms with Crippen molar-refractivity contribution in [3.8, 4) is 0 Å². The largest absolute Gasteiger partial charge is 0.376 e. The number of Topliss-reactive ketones (excluding diaryl/α,β-unsaturated/α-hetero) is 1. The smallest absolute Gasteiger partial charge is 0.169 e. The molecule has 4 heteroatoms. The van der Waals surface area contributed by atoms with E-state index in [1.165, 1.54) is 6.07 Å². The lowest BCUT2D eigenvalue weighted by molar-refractivity contribution is -0.0587. The lowest BCUT2D eigenvalue weighted by Gasteiger charge is -2.39. The van der Waals surface area contributed by atoms with Gasteiger partial charge < -0.3 is 4.74 Å². The van der Waals surface area contributed by atoms with Crippen LogP contribution in [0.3, 0.4) is 0 Å². The van der Waals surface area contributed by atoms with Gasteiger partial charge in [-0.2, -0.15) is 0 Å². The predicted octanol–water partition coefficient (Wildman–Crippen LogP) is 3.14. The lowest BCUT2D eigenvalue weighted by atomic mass is 9.97. The minimum Gasteiger partial charge on any atom is -0.376 e. The van der Waals surface area contributed by atoms with Crippen LogP contribution in [0.4, 0.5) is 4.39 Å². The third kappa shape index (κ3) is 3.89. The SMILES string of the molecule is CCC1COC(C)CN1CC(C)C(=O)c1ccccc1F. The molecule has 1 aromatic rings. The minimum atomic E-state index is -0.434. The van der Waals surface area contributed by atoms with Crippen molar-refractivity contribution in [1.29, 1.82) is 0 Å². The van der Waals surface area contributed by atoms with Crippen LogP contribution in [0.15, 0.2) is 24.3 Å². The molecule has 3 unspecified atom stereocenters. The number of ether oxygens (including phenoxy) is 1. The van der Waals surface area contributed by atoms with Crippen LogP contribution in [0.1, 0.15) is 37.6 Å². The highest BCUT2D eigenvalue weighted by Crippen LogP contribution is 2.19. The molecular weight excluding hydrogens is 269 g/mol. The van der Waals surface area contributed by atoms with Crippen LogP contribution in [0, 0.1) is 11.7 Å². The highest BCUT2D eigenvalue weighted by atomic mass is 19.1. The Morgan fingerprint density at radius 1 is 1.48 bits per heavy atom. The zero-order valence-corrected chi connectivity index (χ0v) is 13.0. The van der Waals surface area contributed by atoms with E-state index < -0.39 is 5.82 Å². The molecule has 0 aromatic heterocycles. The van der Waals surface area contributed by atoms with Gasteiger partial charge in [0.1, 0.15) is 5.82 Å². The standard InChI is InChI=1S/C17H24FNO2/c1-4-14-11-21-13(3)10-19(14)9-12(2)17(20)15-7-5-6-8-16(15)18/h5-8,12-14H,4,9-11H2,1-3H3. The van der Waals surface area contributed by atoms with Gasteiger partial charge in [0.25, 0.3) is 0 Å². The van der Waals surface area contributed by atoms with Crippen LogP contribution < -0.4 is 0 Å². The second kappa shape index (κ2) is 7.14. The molecule has 1 aliphatic rings. The quantitative estimate of drug-likeness (QED) is 0.781. The Kier molecular flexibility index (Phi) is 5.48. The van der Waals surface area contributed by atoms with Gasteiger partial charge in [-0.05, 0) is 25.5 Å². The summed E-state index contributed by atoms with van der Waals surface area (Å²) in [4.78, 5) is 14.7. The number of rotatable bonds is 5. The second-order valence-corrected chi connectivity index (χ2v) is 5.91. The molecule has 1 heterocycles. The first kappa shape index (κ1) is 16.1. The maximum atomic E-state index is 13.7. The first-order valence-electron chi connectivity index (χ1n) is 7.67. The Bertz CT molecular complexity index is 491. The topological polar surface area (TPSA) is 29.5 Å². The zero-order valence-electron chi connectivity index (χ0n) is 13.0. The number of nitrogens with zero attached hydrogens (tertiary/aromatic N) is 1. The molecule has 0 amide bonds. The van der Waals surface area contributed by atoms with Crippen molar-refractivity contribution in [1.82, 2.24) is 4.90 Å². The molecular formula is C17H24FNO2. The van der Waals surface area contributed by atoms with Gasteiger partial charge >= 0.3 is 0 Å². The van der Waals surface area contributed by atoms with Crippen LogP contribution in [-0.2, 0) is 4.74 Å². The van der Waals surface area contributed by atoms with Crippen molar-refractivity contribution in [2.45, 2.75) is 39.3 Å².